The van der Waals surface area contributed by atoms with Gasteiger partial charge in [-0.15, -0.1) is 0 Å². The van der Waals surface area contributed by atoms with Crippen LogP contribution in [0.2, 0.25) is 0 Å². The van der Waals surface area contributed by atoms with E-state index in [-0.39, 0.29) is 18.1 Å². The lowest BCUT2D eigenvalue weighted by atomic mass is 9.83. The molecule has 4 heteroatoms. The van der Waals surface area contributed by atoms with E-state index in [0.29, 0.717) is 12.5 Å². The Hall–Kier alpha value is -1.39. The van der Waals surface area contributed by atoms with Crippen LogP contribution in [0.3, 0.4) is 0 Å². The number of aromatic nitrogens is 2. The molecule has 0 aliphatic carbocycles. The molecule has 4 unspecified atom stereocenters. The van der Waals surface area contributed by atoms with E-state index in [1.165, 1.54) is 11.8 Å². The number of ether oxygens (including phenoxy) is 1. The van der Waals surface area contributed by atoms with Crippen molar-refractivity contribution in [3.05, 3.63) is 30.0 Å². The van der Waals surface area contributed by atoms with Gasteiger partial charge in [-0.3, -0.25) is 4.68 Å². The zero-order valence-electron chi connectivity index (χ0n) is 12.4. The van der Waals surface area contributed by atoms with Crippen LogP contribution in [-0.2, 0) is 17.7 Å². The molecule has 1 N–H and O–H groups in total. The zero-order chi connectivity index (χ0) is 14.4. The first-order valence-electron chi connectivity index (χ1n) is 8.04. The second-order valence-corrected chi connectivity index (χ2v) is 6.32. The van der Waals surface area contributed by atoms with Gasteiger partial charge < -0.3 is 9.84 Å². The van der Waals surface area contributed by atoms with E-state index in [4.69, 9.17) is 9.84 Å². The van der Waals surface area contributed by atoms with Crippen LogP contribution >= 0.6 is 0 Å². The van der Waals surface area contributed by atoms with Gasteiger partial charge in [0.25, 0.3) is 0 Å². The van der Waals surface area contributed by atoms with Crippen molar-refractivity contribution in [1.29, 1.82) is 0 Å². The number of para-hydroxylation sites is 1. The SMILES string of the molecule is CCn1nc(CC(O)C2CC3CCC2O3)c2ccccc21. The summed E-state index contributed by atoms with van der Waals surface area (Å²) in [7, 11) is 0. The molecule has 2 aliphatic heterocycles. The van der Waals surface area contributed by atoms with Crippen LogP contribution in [0.4, 0.5) is 0 Å². The summed E-state index contributed by atoms with van der Waals surface area (Å²) >= 11 is 0. The summed E-state index contributed by atoms with van der Waals surface area (Å²) in [6, 6.07) is 8.29. The Morgan fingerprint density at radius 3 is 2.95 bits per heavy atom. The molecule has 3 heterocycles. The van der Waals surface area contributed by atoms with Gasteiger partial charge in [-0.2, -0.15) is 5.10 Å². The van der Waals surface area contributed by atoms with Crippen molar-refractivity contribution in [3.63, 3.8) is 0 Å². The standard InChI is InChI=1S/C17H22N2O2/c1-2-19-15-6-4-3-5-12(15)14(18-19)10-16(20)13-9-11-7-8-17(13)21-11/h3-6,11,13,16-17,20H,2,7-10H2,1H3. The summed E-state index contributed by atoms with van der Waals surface area (Å²) in [5.41, 5.74) is 2.18. The third-order valence-electron chi connectivity index (χ3n) is 5.08. The number of fused-ring (bicyclic) bond motifs is 3. The molecular weight excluding hydrogens is 264 g/mol. The van der Waals surface area contributed by atoms with Gasteiger partial charge in [0.1, 0.15) is 0 Å². The third-order valence-corrected chi connectivity index (χ3v) is 5.08. The average molecular weight is 286 g/mol. The van der Waals surface area contributed by atoms with Crippen molar-refractivity contribution in [2.24, 2.45) is 5.92 Å². The molecule has 2 fully saturated rings. The maximum atomic E-state index is 10.6. The Labute approximate surface area is 124 Å². The van der Waals surface area contributed by atoms with E-state index in [9.17, 15) is 5.11 Å². The van der Waals surface area contributed by atoms with Crippen LogP contribution in [0.5, 0.6) is 0 Å². The molecule has 1 aromatic carbocycles. The summed E-state index contributed by atoms with van der Waals surface area (Å²) in [6.45, 7) is 2.96. The smallest absolute Gasteiger partial charge is 0.0729 e. The van der Waals surface area contributed by atoms with Gasteiger partial charge in [-0.1, -0.05) is 18.2 Å². The number of rotatable bonds is 4. The molecule has 21 heavy (non-hydrogen) atoms. The second kappa shape index (κ2) is 5.11. The predicted molar refractivity (Wildman–Crippen MR) is 81.1 cm³/mol. The fraction of sp³-hybridized carbons (Fsp3) is 0.588. The monoisotopic (exact) mass is 286 g/mol. The van der Waals surface area contributed by atoms with Crippen LogP contribution in [0.15, 0.2) is 24.3 Å². The van der Waals surface area contributed by atoms with Crippen LogP contribution < -0.4 is 0 Å². The van der Waals surface area contributed by atoms with Crippen LogP contribution in [0.25, 0.3) is 10.9 Å². The first-order chi connectivity index (χ1) is 10.3. The van der Waals surface area contributed by atoms with E-state index in [0.717, 1.165) is 30.6 Å². The van der Waals surface area contributed by atoms with Gasteiger partial charge in [0.15, 0.2) is 0 Å². The molecule has 112 valence electrons. The van der Waals surface area contributed by atoms with E-state index in [1.807, 2.05) is 16.8 Å². The Kier molecular flexibility index (Phi) is 3.23. The topological polar surface area (TPSA) is 47.3 Å². The maximum Gasteiger partial charge on any atom is 0.0729 e. The number of aryl methyl sites for hydroxylation is 1. The zero-order valence-corrected chi connectivity index (χ0v) is 12.4. The summed E-state index contributed by atoms with van der Waals surface area (Å²) in [5.74, 6) is 0.286. The molecule has 4 nitrogen and oxygen atoms in total. The highest BCUT2D eigenvalue weighted by Gasteiger charge is 2.44. The molecule has 0 saturated carbocycles. The Morgan fingerprint density at radius 1 is 1.38 bits per heavy atom. The highest BCUT2D eigenvalue weighted by molar-refractivity contribution is 5.82. The molecule has 4 atom stereocenters. The van der Waals surface area contributed by atoms with Crippen molar-refractivity contribution < 1.29 is 9.84 Å². The van der Waals surface area contributed by atoms with Crippen LogP contribution in [0.1, 0.15) is 31.9 Å². The van der Waals surface area contributed by atoms with E-state index >= 15 is 0 Å². The van der Waals surface area contributed by atoms with Gasteiger partial charge in [0, 0.05) is 24.3 Å². The largest absolute Gasteiger partial charge is 0.392 e. The van der Waals surface area contributed by atoms with E-state index < -0.39 is 0 Å². The van der Waals surface area contributed by atoms with Gasteiger partial charge in [0.05, 0.1) is 29.5 Å². The summed E-state index contributed by atoms with van der Waals surface area (Å²) in [4.78, 5) is 0. The van der Waals surface area contributed by atoms with Crippen LogP contribution in [-0.4, -0.2) is 33.2 Å². The van der Waals surface area contributed by atoms with Gasteiger partial charge in [0.2, 0.25) is 0 Å². The van der Waals surface area contributed by atoms with Gasteiger partial charge >= 0.3 is 0 Å². The number of aliphatic hydroxyl groups excluding tert-OH is 1. The van der Waals surface area contributed by atoms with Crippen molar-refractivity contribution in [2.45, 2.75) is 57.5 Å². The molecule has 0 radical (unpaired) electrons. The minimum Gasteiger partial charge on any atom is -0.392 e. The lowest BCUT2D eigenvalue weighted by Crippen LogP contribution is -2.31. The van der Waals surface area contributed by atoms with Crippen molar-refractivity contribution in [2.75, 3.05) is 0 Å². The molecule has 0 amide bonds. The van der Waals surface area contributed by atoms with E-state index in [1.54, 1.807) is 0 Å². The highest BCUT2D eigenvalue weighted by Crippen LogP contribution is 2.41. The second-order valence-electron chi connectivity index (χ2n) is 6.32. The number of hydrogen-bond acceptors (Lipinski definition) is 3. The van der Waals surface area contributed by atoms with Crippen molar-refractivity contribution in [3.8, 4) is 0 Å². The summed E-state index contributed by atoms with van der Waals surface area (Å²) in [6.07, 6.45) is 4.23. The molecule has 1 aromatic heterocycles. The minimum atomic E-state index is -0.344. The van der Waals surface area contributed by atoms with Crippen LogP contribution in [0, 0.1) is 5.92 Å². The first kappa shape index (κ1) is 13.3. The highest BCUT2D eigenvalue weighted by atomic mass is 16.5. The fourth-order valence-corrected chi connectivity index (χ4v) is 4.02. The molecule has 4 rings (SSSR count). The number of hydrogen-bond donors (Lipinski definition) is 1. The van der Waals surface area contributed by atoms with E-state index in [2.05, 4.69) is 19.1 Å². The third kappa shape index (κ3) is 2.17. The average Bonchev–Trinajstić information content (AvgIpc) is 3.21. The summed E-state index contributed by atoms with van der Waals surface area (Å²) in [5, 5.41) is 16.5. The lowest BCUT2D eigenvalue weighted by molar-refractivity contribution is 0.0428. The molecule has 2 aromatic rings. The maximum absolute atomic E-state index is 10.6. The number of nitrogens with zero attached hydrogens (tertiary/aromatic N) is 2. The molecule has 2 bridgehead atoms. The van der Waals surface area contributed by atoms with Gasteiger partial charge in [-0.05, 0) is 32.3 Å². The molecule has 2 saturated heterocycles. The fourth-order valence-electron chi connectivity index (χ4n) is 4.02. The lowest BCUT2D eigenvalue weighted by Gasteiger charge is -2.23. The number of aliphatic hydroxyl groups is 1. The molecule has 0 spiro atoms. The summed E-state index contributed by atoms with van der Waals surface area (Å²) < 4.78 is 7.89. The Balaban J connectivity index is 1.59. The quantitative estimate of drug-likeness (QED) is 0.939. The molecular formula is C17H22N2O2. The Bertz CT molecular complexity index is 651. The van der Waals surface area contributed by atoms with Gasteiger partial charge in [-0.25, -0.2) is 0 Å². The Morgan fingerprint density at radius 2 is 2.24 bits per heavy atom. The number of benzene rings is 1. The normalized spacial score (nSPS) is 29.3. The first-order valence-corrected chi connectivity index (χ1v) is 8.04. The van der Waals surface area contributed by atoms with Crippen molar-refractivity contribution in [1.82, 2.24) is 9.78 Å². The predicted octanol–water partition coefficient (Wildman–Crippen LogP) is 2.53. The van der Waals surface area contributed by atoms with Crippen molar-refractivity contribution >= 4 is 10.9 Å². The molecule has 2 aliphatic rings. The minimum absolute atomic E-state index is 0.268.